The predicted octanol–water partition coefficient (Wildman–Crippen LogP) is 2.83. The molecule has 0 bridgehead atoms. The molecule has 2 aromatic carbocycles. The van der Waals surface area contributed by atoms with E-state index in [1.165, 1.54) is 36.4 Å². The van der Waals surface area contributed by atoms with Gasteiger partial charge in [0.25, 0.3) is 11.1 Å². The number of aromatic amines is 2. The number of H-pyrrole nitrogens is 2. The minimum Gasteiger partial charge on any atom is -0.489 e. The number of benzene rings is 2. The summed E-state index contributed by atoms with van der Waals surface area (Å²) in [5, 5.41) is 0.142. The summed E-state index contributed by atoms with van der Waals surface area (Å²) in [4.78, 5) is 34.8. The van der Waals surface area contributed by atoms with E-state index in [1.54, 1.807) is 42.6 Å². The number of aromatic nitrogens is 3. The van der Waals surface area contributed by atoms with Gasteiger partial charge >= 0.3 is 0 Å². The molecule has 2 aromatic heterocycles. The Hall–Kier alpha value is -4.46. The van der Waals surface area contributed by atoms with Crippen LogP contribution < -0.4 is 31.3 Å². The van der Waals surface area contributed by atoms with Crippen molar-refractivity contribution in [2.45, 2.75) is 20.0 Å². The summed E-state index contributed by atoms with van der Waals surface area (Å²) >= 11 is 0. The number of halogens is 1. The number of hydrogen-bond donors (Lipinski definition) is 2. The highest BCUT2D eigenvalue weighted by Gasteiger charge is 2.06. The van der Waals surface area contributed by atoms with Gasteiger partial charge in [-0.25, -0.2) is 4.39 Å². The first-order valence-corrected chi connectivity index (χ1v) is 10.6. The Morgan fingerprint density at radius 2 is 1.59 bits per heavy atom. The molecule has 2 N–H and O–H groups in total. The van der Waals surface area contributed by atoms with Gasteiger partial charge in [0, 0.05) is 6.20 Å². The van der Waals surface area contributed by atoms with E-state index >= 15 is 0 Å². The maximum Gasteiger partial charge on any atom is 0.272 e. The average molecular weight is 459 g/mol. The van der Waals surface area contributed by atoms with Crippen molar-refractivity contribution < 1.29 is 13.9 Å². The van der Waals surface area contributed by atoms with Crippen LogP contribution in [0.1, 0.15) is 25.1 Å². The second-order valence-electron chi connectivity index (χ2n) is 7.71. The molecular weight excluding hydrogens is 437 g/mol. The molecular formula is C26H22FN3O4. The SMILES string of the molecule is CC(C)Oc1cccnc1/C=c1\[nH]c(=O)/c(=C/c2cccc(Oc3ccc(F)cc3)c2)[nH]c1=O. The van der Waals surface area contributed by atoms with E-state index < -0.39 is 11.1 Å². The zero-order valence-corrected chi connectivity index (χ0v) is 18.5. The fourth-order valence-electron chi connectivity index (χ4n) is 3.17. The van der Waals surface area contributed by atoms with Gasteiger partial charge in [0.15, 0.2) is 0 Å². The van der Waals surface area contributed by atoms with Crippen LogP contribution in [0.5, 0.6) is 17.2 Å². The highest BCUT2D eigenvalue weighted by Crippen LogP contribution is 2.22. The number of pyridine rings is 1. The van der Waals surface area contributed by atoms with Gasteiger partial charge in [0.2, 0.25) is 0 Å². The molecule has 0 aliphatic carbocycles. The lowest BCUT2D eigenvalue weighted by Crippen LogP contribution is -2.46. The van der Waals surface area contributed by atoms with E-state index in [9.17, 15) is 14.0 Å². The highest BCUT2D eigenvalue weighted by molar-refractivity contribution is 5.53. The molecule has 172 valence electrons. The van der Waals surface area contributed by atoms with Crippen LogP contribution in [0.25, 0.3) is 12.2 Å². The summed E-state index contributed by atoms with van der Waals surface area (Å²) < 4.78 is 24.5. The average Bonchev–Trinajstić information content (AvgIpc) is 2.80. The Kier molecular flexibility index (Phi) is 6.68. The summed E-state index contributed by atoms with van der Waals surface area (Å²) in [5.41, 5.74) is 0.109. The Morgan fingerprint density at radius 1 is 0.882 bits per heavy atom. The lowest BCUT2D eigenvalue weighted by atomic mass is 10.2. The fourth-order valence-corrected chi connectivity index (χ4v) is 3.17. The molecule has 0 fully saturated rings. The molecule has 0 unspecified atom stereocenters. The lowest BCUT2D eigenvalue weighted by Gasteiger charge is -2.11. The second-order valence-corrected chi connectivity index (χ2v) is 7.71. The molecule has 0 spiro atoms. The molecule has 8 heteroatoms. The van der Waals surface area contributed by atoms with Crippen LogP contribution >= 0.6 is 0 Å². The quantitative estimate of drug-likeness (QED) is 0.462. The molecule has 2 heterocycles. The van der Waals surface area contributed by atoms with Crippen molar-refractivity contribution in [3.05, 3.63) is 115 Å². The normalized spacial score (nSPS) is 12.2. The van der Waals surface area contributed by atoms with E-state index in [-0.39, 0.29) is 22.6 Å². The Labute approximate surface area is 193 Å². The van der Waals surface area contributed by atoms with Crippen LogP contribution in [0.15, 0.2) is 76.4 Å². The van der Waals surface area contributed by atoms with Gasteiger partial charge < -0.3 is 19.4 Å². The predicted molar refractivity (Wildman–Crippen MR) is 127 cm³/mol. The molecule has 4 rings (SSSR count). The molecule has 0 aliphatic rings. The molecule has 0 radical (unpaired) electrons. The molecule has 0 saturated carbocycles. The largest absolute Gasteiger partial charge is 0.489 e. The zero-order chi connectivity index (χ0) is 24.1. The molecule has 7 nitrogen and oxygen atoms in total. The number of ether oxygens (including phenoxy) is 2. The molecule has 0 atom stereocenters. The Balaban J connectivity index is 1.67. The van der Waals surface area contributed by atoms with E-state index in [1.807, 2.05) is 13.8 Å². The van der Waals surface area contributed by atoms with Gasteiger partial charge in [-0.05, 0) is 80.1 Å². The Bertz CT molecular complexity index is 1540. The lowest BCUT2D eigenvalue weighted by molar-refractivity contribution is 0.241. The number of nitrogens with zero attached hydrogens (tertiary/aromatic N) is 1. The maximum absolute atomic E-state index is 13.1. The minimum absolute atomic E-state index is 0.0582. The van der Waals surface area contributed by atoms with E-state index in [0.717, 1.165) is 0 Å². The summed E-state index contributed by atoms with van der Waals surface area (Å²) in [6.45, 7) is 3.77. The van der Waals surface area contributed by atoms with E-state index in [0.29, 0.717) is 28.5 Å². The van der Waals surface area contributed by atoms with Gasteiger partial charge in [0.1, 0.15) is 39.5 Å². The van der Waals surface area contributed by atoms with Crippen molar-refractivity contribution in [2.75, 3.05) is 0 Å². The van der Waals surface area contributed by atoms with Crippen LogP contribution in [-0.2, 0) is 0 Å². The van der Waals surface area contributed by atoms with Crippen molar-refractivity contribution in [3.63, 3.8) is 0 Å². The maximum atomic E-state index is 13.1. The Morgan fingerprint density at radius 3 is 2.29 bits per heavy atom. The van der Waals surface area contributed by atoms with Gasteiger partial charge in [0.05, 0.1) is 6.10 Å². The van der Waals surface area contributed by atoms with E-state index in [4.69, 9.17) is 9.47 Å². The monoisotopic (exact) mass is 459 g/mol. The van der Waals surface area contributed by atoms with Gasteiger partial charge in [-0.2, -0.15) is 0 Å². The van der Waals surface area contributed by atoms with Crippen LogP contribution in [-0.4, -0.2) is 21.1 Å². The molecule has 0 aliphatic heterocycles. The van der Waals surface area contributed by atoms with Gasteiger partial charge in [-0.3, -0.25) is 14.6 Å². The third-order valence-corrected chi connectivity index (χ3v) is 4.65. The smallest absolute Gasteiger partial charge is 0.272 e. The molecule has 0 amide bonds. The minimum atomic E-state index is -0.481. The first-order chi connectivity index (χ1) is 16.4. The zero-order valence-electron chi connectivity index (χ0n) is 18.5. The van der Waals surface area contributed by atoms with Crippen molar-refractivity contribution in [1.82, 2.24) is 15.0 Å². The third kappa shape index (κ3) is 5.66. The first kappa shape index (κ1) is 22.7. The summed E-state index contributed by atoms with van der Waals surface area (Å²) in [6, 6.07) is 16.1. The molecule has 0 saturated heterocycles. The highest BCUT2D eigenvalue weighted by atomic mass is 19.1. The second kappa shape index (κ2) is 9.99. The summed E-state index contributed by atoms with van der Waals surface area (Å²) in [7, 11) is 0. The fraction of sp³-hybridized carbons (Fsp3) is 0.115. The van der Waals surface area contributed by atoms with Crippen molar-refractivity contribution in [1.29, 1.82) is 0 Å². The van der Waals surface area contributed by atoms with E-state index in [2.05, 4.69) is 15.0 Å². The van der Waals surface area contributed by atoms with Crippen molar-refractivity contribution >= 4 is 12.2 Å². The molecule has 34 heavy (non-hydrogen) atoms. The number of nitrogens with one attached hydrogen (secondary N) is 2. The van der Waals surface area contributed by atoms with Crippen LogP contribution in [0.3, 0.4) is 0 Å². The van der Waals surface area contributed by atoms with Crippen LogP contribution in [0.2, 0.25) is 0 Å². The van der Waals surface area contributed by atoms with Crippen molar-refractivity contribution in [2.24, 2.45) is 0 Å². The number of hydrogen-bond acceptors (Lipinski definition) is 5. The van der Waals surface area contributed by atoms with Gasteiger partial charge in [-0.15, -0.1) is 0 Å². The van der Waals surface area contributed by atoms with Crippen LogP contribution in [0, 0.1) is 5.82 Å². The summed E-state index contributed by atoms with van der Waals surface area (Å²) in [5.74, 6) is 1.12. The first-order valence-electron chi connectivity index (χ1n) is 10.6. The third-order valence-electron chi connectivity index (χ3n) is 4.65. The number of rotatable bonds is 6. The summed E-state index contributed by atoms with van der Waals surface area (Å²) in [6.07, 6.45) is 4.51. The van der Waals surface area contributed by atoms with Crippen molar-refractivity contribution in [3.8, 4) is 17.2 Å². The molecule has 4 aromatic rings. The van der Waals surface area contributed by atoms with Gasteiger partial charge in [-0.1, -0.05) is 12.1 Å². The standard InChI is InChI=1S/C26H22FN3O4/c1-16(2)33-24-7-4-12-28-21(24)15-23-26(32)29-22(25(31)30-23)14-17-5-3-6-20(13-17)34-19-10-8-18(27)9-11-19/h3-16H,1-2H3,(H,29,32)(H,30,31)/b22-14-,23-15-. The topological polar surface area (TPSA) is 97.1 Å². The van der Waals surface area contributed by atoms with Crippen LogP contribution in [0.4, 0.5) is 4.39 Å².